The first kappa shape index (κ1) is 27.7. The first-order valence-corrected chi connectivity index (χ1v) is 13.3. The molecule has 5 rings (SSSR count). The standard InChI is InChI=1S/C30H33N7O4/c1-5-27(38)32-22-15-23(26(41-4)16-25(22)36(3)18-20-10-8-13-35(20)2)33-30-31-17-21(29(39)40)28(34-30)37-14-12-19-9-6-7-11-24(19)37/h5-7,9,11-12,14-17,20H,1,8,10,13,18H2,2-4H3,(H,32,38)(H,39,40)(H,31,33,34). The van der Waals surface area contributed by atoms with E-state index < -0.39 is 5.97 Å². The average Bonchev–Trinajstić information content (AvgIpc) is 3.58. The van der Waals surface area contributed by atoms with Crippen LogP contribution in [0, 0.1) is 0 Å². The van der Waals surface area contributed by atoms with Gasteiger partial charge in [0.05, 0.1) is 29.7 Å². The number of carboxylic acids is 1. The Morgan fingerprint density at radius 1 is 1.24 bits per heavy atom. The molecule has 4 aromatic rings. The number of aromatic nitrogens is 3. The number of nitrogens with one attached hydrogen (secondary N) is 2. The summed E-state index contributed by atoms with van der Waals surface area (Å²) in [6, 6.07) is 13.5. The van der Waals surface area contributed by atoms with E-state index in [-0.39, 0.29) is 23.2 Å². The van der Waals surface area contributed by atoms with Crippen LogP contribution in [-0.2, 0) is 4.79 Å². The third-order valence-corrected chi connectivity index (χ3v) is 7.40. The van der Waals surface area contributed by atoms with Crippen LogP contribution < -0.4 is 20.3 Å². The van der Waals surface area contributed by atoms with Gasteiger partial charge in [0, 0.05) is 38.1 Å². The number of rotatable bonds is 10. The minimum atomic E-state index is -1.14. The van der Waals surface area contributed by atoms with Gasteiger partial charge in [-0.2, -0.15) is 4.98 Å². The van der Waals surface area contributed by atoms with E-state index in [1.54, 1.807) is 23.9 Å². The Bertz CT molecular complexity index is 1620. The molecular weight excluding hydrogens is 522 g/mol. The van der Waals surface area contributed by atoms with Crippen LogP contribution in [0.3, 0.4) is 0 Å². The van der Waals surface area contributed by atoms with Crippen molar-refractivity contribution in [2.24, 2.45) is 0 Å². The molecule has 0 bridgehead atoms. The Kier molecular flexibility index (Phi) is 7.88. The summed E-state index contributed by atoms with van der Waals surface area (Å²) in [7, 11) is 5.67. The Labute approximate surface area is 238 Å². The molecule has 0 spiro atoms. The minimum absolute atomic E-state index is 0.0448. The number of benzene rings is 2. The second kappa shape index (κ2) is 11.7. The summed E-state index contributed by atoms with van der Waals surface area (Å²) in [6.07, 6.45) is 6.53. The topological polar surface area (TPSA) is 125 Å². The van der Waals surface area contributed by atoms with Crippen molar-refractivity contribution >= 4 is 45.8 Å². The van der Waals surface area contributed by atoms with E-state index in [0.717, 1.165) is 42.5 Å². The molecule has 1 saturated heterocycles. The zero-order valence-corrected chi connectivity index (χ0v) is 23.3. The van der Waals surface area contributed by atoms with Gasteiger partial charge in [0.2, 0.25) is 11.9 Å². The van der Waals surface area contributed by atoms with Gasteiger partial charge in [-0.25, -0.2) is 9.78 Å². The van der Waals surface area contributed by atoms with Gasteiger partial charge in [-0.15, -0.1) is 0 Å². The molecule has 1 fully saturated rings. The lowest BCUT2D eigenvalue weighted by atomic mass is 10.1. The smallest absolute Gasteiger partial charge is 0.341 e. The number of likely N-dealkylation sites (N-methyl/N-ethyl adjacent to an activating group) is 2. The lowest BCUT2D eigenvalue weighted by molar-refractivity contribution is -0.111. The number of carbonyl (C=O) groups excluding carboxylic acids is 1. The number of hydrogen-bond acceptors (Lipinski definition) is 8. The minimum Gasteiger partial charge on any atom is -0.494 e. The van der Waals surface area contributed by atoms with Crippen molar-refractivity contribution in [1.82, 2.24) is 19.4 Å². The number of para-hydroxylation sites is 1. The molecule has 1 amide bonds. The molecule has 0 aliphatic carbocycles. The van der Waals surface area contributed by atoms with Gasteiger partial charge in [-0.3, -0.25) is 4.79 Å². The quantitative estimate of drug-likeness (QED) is 0.242. The molecule has 1 aliphatic rings. The monoisotopic (exact) mass is 555 g/mol. The summed E-state index contributed by atoms with van der Waals surface area (Å²) in [6.45, 7) is 5.42. The van der Waals surface area contributed by atoms with Gasteiger partial charge in [0.1, 0.15) is 11.3 Å². The van der Waals surface area contributed by atoms with Crippen molar-refractivity contribution in [1.29, 1.82) is 0 Å². The number of amides is 1. The van der Waals surface area contributed by atoms with Crippen LogP contribution in [0.5, 0.6) is 5.75 Å². The lowest BCUT2D eigenvalue weighted by Crippen LogP contribution is -2.37. The fourth-order valence-electron chi connectivity index (χ4n) is 5.22. The third-order valence-electron chi connectivity index (χ3n) is 7.40. The first-order chi connectivity index (χ1) is 19.8. The largest absolute Gasteiger partial charge is 0.494 e. The van der Waals surface area contributed by atoms with Gasteiger partial charge in [-0.1, -0.05) is 24.8 Å². The highest BCUT2D eigenvalue weighted by atomic mass is 16.5. The van der Waals surface area contributed by atoms with Gasteiger partial charge in [-0.05, 0) is 56.1 Å². The molecule has 2 aromatic heterocycles. The molecule has 11 nitrogen and oxygen atoms in total. The maximum absolute atomic E-state index is 12.4. The van der Waals surface area contributed by atoms with Crippen molar-refractivity contribution < 1.29 is 19.4 Å². The second-order valence-electron chi connectivity index (χ2n) is 10.0. The third kappa shape index (κ3) is 5.71. The van der Waals surface area contributed by atoms with E-state index in [1.807, 2.05) is 43.4 Å². The summed E-state index contributed by atoms with van der Waals surface area (Å²) < 4.78 is 7.44. The van der Waals surface area contributed by atoms with Crippen molar-refractivity contribution in [2.75, 3.05) is 49.8 Å². The molecule has 3 N–H and O–H groups in total. The van der Waals surface area contributed by atoms with Crippen LogP contribution in [-0.4, -0.2) is 76.8 Å². The van der Waals surface area contributed by atoms with E-state index in [4.69, 9.17) is 4.74 Å². The number of methoxy groups -OCH3 is 1. The highest BCUT2D eigenvalue weighted by molar-refractivity contribution is 6.02. The highest BCUT2D eigenvalue weighted by Gasteiger charge is 2.25. The Morgan fingerprint density at radius 2 is 2.05 bits per heavy atom. The summed E-state index contributed by atoms with van der Waals surface area (Å²) in [5, 5.41) is 16.9. The molecule has 3 heterocycles. The molecule has 0 saturated carbocycles. The average molecular weight is 556 g/mol. The number of likely N-dealkylation sites (tertiary alicyclic amines) is 1. The zero-order valence-electron chi connectivity index (χ0n) is 23.3. The Hall–Kier alpha value is -4.90. The number of fused-ring (bicyclic) bond motifs is 1. The summed E-state index contributed by atoms with van der Waals surface area (Å²) in [5.41, 5.74) is 2.60. The predicted molar refractivity (Wildman–Crippen MR) is 160 cm³/mol. The molecule has 11 heteroatoms. The molecule has 212 valence electrons. The Balaban J connectivity index is 1.54. The predicted octanol–water partition coefficient (Wildman–Crippen LogP) is 4.53. The fraction of sp³-hybridized carbons (Fsp3) is 0.267. The van der Waals surface area contributed by atoms with Crippen molar-refractivity contribution in [3.63, 3.8) is 0 Å². The van der Waals surface area contributed by atoms with Crippen LogP contribution >= 0.6 is 0 Å². The molecule has 0 radical (unpaired) electrons. The fourth-order valence-corrected chi connectivity index (χ4v) is 5.22. The molecular formula is C30H33N7O4. The van der Waals surface area contributed by atoms with Crippen LogP contribution in [0.4, 0.5) is 23.0 Å². The van der Waals surface area contributed by atoms with Gasteiger partial charge in [0.25, 0.3) is 0 Å². The number of carbonyl (C=O) groups is 2. The summed E-state index contributed by atoms with van der Waals surface area (Å²) in [4.78, 5) is 37.7. The number of ether oxygens (including phenoxy) is 1. The number of anilines is 4. The lowest BCUT2D eigenvalue weighted by Gasteiger charge is -2.29. The van der Waals surface area contributed by atoms with E-state index in [9.17, 15) is 14.7 Å². The number of carboxylic acid groups (broad SMARTS) is 1. The second-order valence-corrected chi connectivity index (χ2v) is 10.0. The summed E-state index contributed by atoms with van der Waals surface area (Å²) >= 11 is 0. The van der Waals surface area contributed by atoms with E-state index >= 15 is 0 Å². The number of hydrogen-bond donors (Lipinski definition) is 3. The van der Waals surface area contributed by atoms with Crippen LogP contribution in [0.15, 0.2) is 67.5 Å². The summed E-state index contributed by atoms with van der Waals surface area (Å²) in [5.74, 6) is -0.612. The molecule has 2 aromatic carbocycles. The SMILES string of the molecule is C=CC(=O)Nc1cc(Nc2ncc(C(=O)O)c(-n3ccc4ccccc43)n2)c(OC)cc1N(C)CC1CCCN1C. The van der Waals surface area contributed by atoms with Crippen molar-refractivity contribution in [2.45, 2.75) is 18.9 Å². The highest BCUT2D eigenvalue weighted by Crippen LogP contribution is 2.38. The maximum atomic E-state index is 12.4. The molecule has 41 heavy (non-hydrogen) atoms. The number of aromatic carboxylic acids is 1. The van der Waals surface area contributed by atoms with Crippen LogP contribution in [0.25, 0.3) is 16.7 Å². The van der Waals surface area contributed by atoms with Gasteiger partial charge >= 0.3 is 5.97 Å². The van der Waals surface area contributed by atoms with E-state index in [0.29, 0.717) is 23.2 Å². The molecule has 1 aliphatic heterocycles. The van der Waals surface area contributed by atoms with E-state index in [2.05, 4.69) is 44.0 Å². The van der Waals surface area contributed by atoms with Gasteiger partial charge < -0.3 is 34.8 Å². The van der Waals surface area contributed by atoms with Crippen molar-refractivity contribution in [3.8, 4) is 11.6 Å². The first-order valence-electron chi connectivity index (χ1n) is 13.3. The van der Waals surface area contributed by atoms with Crippen LogP contribution in [0.1, 0.15) is 23.2 Å². The zero-order chi connectivity index (χ0) is 29.1. The molecule has 1 atom stereocenters. The number of nitrogens with zero attached hydrogens (tertiary/aromatic N) is 5. The Morgan fingerprint density at radius 3 is 2.76 bits per heavy atom. The maximum Gasteiger partial charge on any atom is 0.341 e. The van der Waals surface area contributed by atoms with Crippen molar-refractivity contribution in [3.05, 3.63) is 73.1 Å². The normalized spacial score (nSPS) is 15.0. The van der Waals surface area contributed by atoms with Gasteiger partial charge in [0.15, 0.2) is 5.82 Å². The molecule has 1 unspecified atom stereocenters. The van der Waals surface area contributed by atoms with E-state index in [1.165, 1.54) is 12.3 Å². The van der Waals surface area contributed by atoms with Crippen LogP contribution in [0.2, 0.25) is 0 Å².